The Kier molecular flexibility index (Phi) is 4.85. The normalized spacial score (nSPS) is 10.3. The maximum atomic E-state index is 13.4. The van der Waals surface area contributed by atoms with Crippen LogP contribution >= 0.6 is 15.9 Å². The minimum Gasteiger partial charge on any atom is -0.375 e. The van der Waals surface area contributed by atoms with Crippen molar-refractivity contribution < 1.29 is 18.0 Å². The standard InChI is InChI=1S/C14H10BrF3N2O/c15-9-6-8(16)4-5-12(9)19-7-13(21)20-14-10(17)2-1-3-11(14)18/h1-6,19H,7H2,(H,20,21). The Morgan fingerprint density at radius 2 is 1.76 bits per heavy atom. The summed E-state index contributed by atoms with van der Waals surface area (Å²) in [5.41, 5.74) is -0.0111. The molecule has 0 bridgehead atoms. The summed E-state index contributed by atoms with van der Waals surface area (Å²) in [6, 6.07) is 7.19. The Labute approximate surface area is 127 Å². The van der Waals surface area contributed by atoms with E-state index in [0.717, 1.165) is 12.1 Å². The summed E-state index contributed by atoms with van der Waals surface area (Å²) in [5.74, 6) is -2.77. The van der Waals surface area contributed by atoms with Gasteiger partial charge in [-0.3, -0.25) is 4.79 Å². The summed E-state index contributed by atoms with van der Waals surface area (Å²) in [5, 5.41) is 4.87. The van der Waals surface area contributed by atoms with Crippen LogP contribution in [0.3, 0.4) is 0 Å². The fourth-order valence-electron chi connectivity index (χ4n) is 1.61. The fourth-order valence-corrected chi connectivity index (χ4v) is 2.10. The molecule has 0 heterocycles. The lowest BCUT2D eigenvalue weighted by atomic mass is 10.3. The molecule has 1 amide bonds. The van der Waals surface area contributed by atoms with Gasteiger partial charge in [-0.05, 0) is 46.3 Å². The number of halogens is 4. The van der Waals surface area contributed by atoms with Crippen LogP contribution in [0.5, 0.6) is 0 Å². The van der Waals surface area contributed by atoms with E-state index in [9.17, 15) is 18.0 Å². The third-order valence-corrected chi connectivity index (χ3v) is 3.25. The topological polar surface area (TPSA) is 41.1 Å². The summed E-state index contributed by atoms with van der Waals surface area (Å²) in [7, 11) is 0. The molecular weight excluding hydrogens is 349 g/mol. The monoisotopic (exact) mass is 358 g/mol. The molecule has 0 saturated carbocycles. The van der Waals surface area contributed by atoms with Crippen molar-refractivity contribution in [3.63, 3.8) is 0 Å². The molecule has 0 atom stereocenters. The fraction of sp³-hybridized carbons (Fsp3) is 0.0714. The van der Waals surface area contributed by atoms with Crippen molar-refractivity contribution in [1.29, 1.82) is 0 Å². The summed E-state index contributed by atoms with van der Waals surface area (Å²) in [4.78, 5) is 11.7. The predicted molar refractivity (Wildman–Crippen MR) is 77.6 cm³/mol. The molecule has 0 spiro atoms. The smallest absolute Gasteiger partial charge is 0.243 e. The van der Waals surface area contributed by atoms with Crippen LogP contribution in [0.1, 0.15) is 0 Å². The van der Waals surface area contributed by atoms with Crippen LogP contribution < -0.4 is 10.6 Å². The first-order valence-electron chi connectivity index (χ1n) is 5.90. The highest BCUT2D eigenvalue weighted by atomic mass is 79.9. The van der Waals surface area contributed by atoms with Gasteiger partial charge in [0.25, 0.3) is 0 Å². The zero-order valence-electron chi connectivity index (χ0n) is 10.6. The quantitative estimate of drug-likeness (QED) is 0.869. The number of benzene rings is 2. The molecule has 0 fully saturated rings. The number of amides is 1. The van der Waals surface area contributed by atoms with Gasteiger partial charge in [0.05, 0.1) is 6.54 Å². The molecule has 7 heteroatoms. The van der Waals surface area contributed by atoms with Gasteiger partial charge >= 0.3 is 0 Å². The van der Waals surface area contributed by atoms with Crippen molar-refractivity contribution in [2.75, 3.05) is 17.2 Å². The Bertz CT molecular complexity index is 659. The molecule has 0 radical (unpaired) electrons. The van der Waals surface area contributed by atoms with Crippen molar-refractivity contribution in [3.8, 4) is 0 Å². The first-order valence-corrected chi connectivity index (χ1v) is 6.69. The van der Waals surface area contributed by atoms with Gasteiger partial charge in [0.15, 0.2) is 0 Å². The highest BCUT2D eigenvalue weighted by Crippen LogP contribution is 2.23. The molecule has 21 heavy (non-hydrogen) atoms. The minimum absolute atomic E-state index is 0.224. The molecule has 2 rings (SSSR count). The van der Waals surface area contributed by atoms with Gasteiger partial charge in [0.2, 0.25) is 5.91 Å². The van der Waals surface area contributed by atoms with Gasteiger partial charge in [-0.1, -0.05) is 6.07 Å². The average Bonchev–Trinajstić information content (AvgIpc) is 2.42. The van der Waals surface area contributed by atoms with Gasteiger partial charge in [-0.25, -0.2) is 13.2 Å². The first-order chi connectivity index (χ1) is 9.97. The molecule has 2 N–H and O–H groups in total. The van der Waals surface area contributed by atoms with Crippen LogP contribution in [-0.4, -0.2) is 12.5 Å². The number of rotatable bonds is 4. The lowest BCUT2D eigenvalue weighted by Crippen LogP contribution is -2.23. The lowest BCUT2D eigenvalue weighted by Gasteiger charge is -2.10. The maximum absolute atomic E-state index is 13.4. The Hall–Kier alpha value is -2.02. The van der Waals surface area contributed by atoms with Crippen molar-refractivity contribution in [2.24, 2.45) is 0 Å². The lowest BCUT2D eigenvalue weighted by molar-refractivity contribution is -0.114. The summed E-state index contributed by atoms with van der Waals surface area (Å²) in [6.45, 7) is -0.224. The zero-order valence-corrected chi connectivity index (χ0v) is 12.2. The van der Waals surface area contributed by atoms with Crippen molar-refractivity contribution in [3.05, 3.63) is 58.3 Å². The average molecular weight is 359 g/mol. The Morgan fingerprint density at radius 3 is 2.38 bits per heavy atom. The Balaban J connectivity index is 1.99. The van der Waals surface area contributed by atoms with Crippen LogP contribution in [0.15, 0.2) is 40.9 Å². The summed E-state index contributed by atoms with van der Waals surface area (Å²) < 4.78 is 40.1. The molecule has 0 aliphatic carbocycles. The van der Waals surface area contributed by atoms with Crippen LogP contribution in [-0.2, 0) is 4.79 Å². The maximum Gasteiger partial charge on any atom is 0.243 e. The van der Waals surface area contributed by atoms with Crippen LogP contribution in [0.4, 0.5) is 24.5 Å². The molecule has 0 aliphatic rings. The molecule has 0 unspecified atom stereocenters. The van der Waals surface area contributed by atoms with E-state index in [2.05, 4.69) is 26.6 Å². The SMILES string of the molecule is O=C(CNc1ccc(F)cc1Br)Nc1c(F)cccc1F. The summed E-state index contributed by atoms with van der Waals surface area (Å²) in [6.07, 6.45) is 0. The van der Waals surface area contributed by atoms with Gasteiger partial charge in [0, 0.05) is 10.2 Å². The molecule has 0 aromatic heterocycles. The van der Waals surface area contributed by atoms with E-state index in [1.54, 1.807) is 0 Å². The minimum atomic E-state index is -0.855. The molecule has 0 saturated heterocycles. The largest absolute Gasteiger partial charge is 0.375 e. The van der Waals surface area contributed by atoms with Crippen molar-refractivity contribution in [2.45, 2.75) is 0 Å². The second-order valence-corrected chi connectivity index (χ2v) is 4.98. The molecule has 2 aromatic rings. The number of para-hydroxylation sites is 1. The molecular formula is C14H10BrF3N2O. The number of hydrogen-bond acceptors (Lipinski definition) is 2. The van der Waals surface area contributed by atoms with E-state index in [-0.39, 0.29) is 6.54 Å². The van der Waals surface area contributed by atoms with Gasteiger partial charge in [-0.15, -0.1) is 0 Å². The van der Waals surface area contributed by atoms with Crippen LogP contribution in [0, 0.1) is 17.5 Å². The van der Waals surface area contributed by atoms with Crippen LogP contribution in [0.25, 0.3) is 0 Å². The van der Waals surface area contributed by atoms with E-state index in [1.165, 1.54) is 24.3 Å². The second-order valence-electron chi connectivity index (χ2n) is 4.12. The first kappa shape index (κ1) is 15.4. The van der Waals surface area contributed by atoms with E-state index in [4.69, 9.17) is 0 Å². The van der Waals surface area contributed by atoms with Gasteiger partial charge in [-0.2, -0.15) is 0 Å². The summed E-state index contributed by atoms with van der Waals surface area (Å²) >= 11 is 3.13. The van der Waals surface area contributed by atoms with Gasteiger partial charge < -0.3 is 10.6 Å². The molecule has 110 valence electrons. The number of nitrogens with one attached hydrogen (secondary N) is 2. The van der Waals surface area contributed by atoms with Crippen LogP contribution in [0.2, 0.25) is 0 Å². The van der Waals surface area contributed by atoms with Crippen molar-refractivity contribution >= 4 is 33.2 Å². The molecule has 3 nitrogen and oxygen atoms in total. The number of carbonyl (C=O) groups excluding carboxylic acids is 1. The zero-order chi connectivity index (χ0) is 15.4. The van der Waals surface area contributed by atoms with Crippen molar-refractivity contribution in [1.82, 2.24) is 0 Å². The number of carbonyl (C=O) groups is 1. The van der Waals surface area contributed by atoms with Gasteiger partial charge in [0.1, 0.15) is 23.1 Å². The third-order valence-electron chi connectivity index (χ3n) is 2.60. The highest BCUT2D eigenvalue weighted by Gasteiger charge is 2.12. The van der Waals surface area contributed by atoms with E-state index in [0.29, 0.717) is 10.2 Å². The van der Waals surface area contributed by atoms with E-state index < -0.39 is 29.0 Å². The molecule has 0 aliphatic heterocycles. The number of hydrogen-bond donors (Lipinski definition) is 2. The molecule has 2 aromatic carbocycles. The highest BCUT2D eigenvalue weighted by molar-refractivity contribution is 9.10. The van der Waals surface area contributed by atoms with E-state index in [1.807, 2.05) is 0 Å². The Morgan fingerprint density at radius 1 is 1.10 bits per heavy atom. The predicted octanol–water partition coefficient (Wildman–Crippen LogP) is 3.92. The number of anilines is 2. The third kappa shape index (κ3) is 3.98. The second kappa shape index (κ2) is 6.62. The van der Waals surface area contributed by atoms with E-state index >= 15 is 0 Å².